The number of fused-ring (bicyclic) bond motifs is 1. The summed E-state index contributed by atoms with van der Waals surface area (Å²) >= 11 is 2.78. The van der Waals surface area contributed by atoms with Gasteiger partial charge in [-0.25, -0.2) is 4.39 Å². The second-order valence-corrected chi connectivity index (χ2v) is 8.34. The molecule has 1 heterocycles. The fourth-order valence-electron chi connectivity index (χ4n) is 2.72. The quantitative estimate of drug-likeness (QED) is 0.632. The van der Waals surface area contributed by atoms with Crippen LogP contribution in [0, 0.1) is 11.7 Å². The van der Waals surface area contributed by atoms with Crippen molar-refractivity contribution in [2.75, 3.05) is 5.75 Å². The lowest BCUT2D eigenvalue weighted by Gasteiger charge is -2.16. The summed E-state index contributed by atoms with van der Waals surface area (Å²) in [5.41, 5.74) is 6.14. The van der Waals surface area contributed by atoms with Crippen molar-refractivity contribution in [2.45, 2.75) is 31.1 Å². The van der Waals surface area contributed by atoms with Crippen LogP contribution in [0.2, 0.25) is 0 Å². The predicted molar refractivity (Wildman–Crippen MR) is 98.2 cm³/mol. The molecule has 4 nitrogen and oxygen atoms in total. The van der Waals surface area contributed by atoms with Crippen LogP contribution in [0.25, 0.3) is 0 Å². The van der Waals surface area contributed by atoms with Crippen molar-refractivity contribution in [2.24, 2.45) is 5.92 Å². The molecule has 1 aromatic heterocycles. The van der Waals surface area contributed by atoms with Gasteiger partial charge in [0.1, 0.15) is 5.82 Å². The minimum Gasteiger partial charge on any atom is -0.272 e. The molecule has 7 heteroatoms. The lowest BCUT2D eigenvalue weighted by atomic mass is 9.90. The maximum Gasteiger partial charge on any atom is 0.279 e. The van der Waals surface area contributed by atoms with Crippen LogP contribution in [0.5, 0.6) is 0 Å². The highest BCUT2D eigenvalue weighted by atomic mass is 32.2. The lowest BCUT2D eigenvalue weighted by molar-refractivity contribution is -0.119. The number of hydrogen-bond acceptors (Lipinski definition) is 4. The Balaban J connectivity index is 1.47. The van der Waals surface area contributed by atoms with Gasteiger partial charge >= 0.3 is 0 Å². The van der Waals surface area contributed by atoms with Crippen LogP contribution in [-0.2, 0) is 17.6 Å². The van der Waals surface area contributed by atoms with E-state index in [2.05, 4.69) is 17.8 Å². The molecule has 1 atom stereocenters. The molecule has 2 aromatic rings. The van der Waals surface area contributed by atoms with Crippen molar-refractivity contribution in [3.63, 3.8) is 0 Å². The van der Waals surface area contributed by atoms with Crippen molar-refractivity contribution >= 4 is 34.9 Å². The van der Waals surface area contributed by atoms with E-state index in [0.29, 0.717) is 10.8 Å². The predicted octanol–water partition coefficient (Wildman–Crippen LogP) is 3.57. The highest BCUT2D eigenvalue weighted by molar-refractivity contribution is 8.00. The van der Waals surface area contributed by atoms with E-state index in [1.807, 2.05) is 6.07 Å². The van der Waals surface area contributed by atoms with Crippen molar-refractivity contribution in [1.82, 2.24) is 10.9 Å². The van der Waals surface area contributed by atoms with Gasteiger partial charge in [-0.1, -0.05) is 6.92 Å². The summed E-state index contributed by atoms with van der Waals surface area (Å²) in [6.45, 7) is 2.22. The van der Waals surface area contributed by atoms with E-state index in [1.54, 1.807) is 12.1 Å². The summed E-state index contributed by atoms with van der Waals surface area (Å²) in [6.07, 6.45) is 3.20. The third kappa shape index (κ3) is 4.83. The first-order valence-corrected chi connectivity index (χ1v) is 9.90. The van der Waals surface area contributed by atoms with Crippen LogP contribution >= 0.6 is 23.1 Å². The second kappa shape index (κ2) is 8.01. The van der Waals surface area contributed by atoms with E-state index >= 15 is 0 Å². The average molecular weight is 378 g/mol. The molecular weight excluding hydrogens is 359 g/mol. The van der Waals surface area contributed by atoms with Crippen LogP contribution in [0.4, 0.5) is 4.39 Å². The minimum atomic E-state index is -0.311. The topological polar surface area (TPSA) is 58.2 Å². The standard InChI is InChI=1S/C18H19FN2O2S2/c1-11-2-7-15-12(8-11)9-16(25-15)18(23)21-20-17(22)10-24-14-5-3-13(19)4-6-14/h3-6,9,11H,2,7-8,10H2,1H3,(H,20,22)(H,21,23). The van der Waals surface area contributed by atoms with Crippen molar-refractivity contribution in [1.29, 1.82) is 0 Å². The summed E-state index contributed by atoms with van der Waals surface area (Å²) in [4.78, 5) is 26.7. The molecule has 0 radical (unpaired) electrons. The summed E-state index contributed by atoms with van der Waals surface area (Å²) in [5, 5.41) is 0. The molecule has 25 heavy (non-hydrogen) atoms. The third-order valence-corrected chi connectivity index (χ3v) is 6.30. The normalized spacial score (nSPS) is 16.2. The zero-order valence-electron chi connectivity index (χ0n) is 13.8. The van der Waals surface area contributed by atoms with Gasteiger partial charge in [-0.2, -0.15) is 0 Å². The Morgan fingerprint density at radius 2 is 2.04 bits per heavy atom. The molecule has 0 saturated heterocycles. The number of amides is 2. The van der Waals surface area contributed by atoms with E-state index in [-0.39, 0.29) is 23.4 Å². The SMILES string of the molecule is CC1CCc2sc(C(=O)NNC(=O)CSc3ccc(F)cc3)cc2C1. The van der Waals surface area contributed by atoms with Crippen molar-refractivity contribution in [3.05, 3.63) is 51.5 Å². The van der Waals surface area contributed by atoms with Gasteiger partial charge in [0, 0.05) is 9.77 Å². The Labute approximate surface area is 154 Å². The number of rotatable bonds is 4. The van der Waals surface area contributed by atoms with Gasteiger partial charge in [-0.15, -0.1) is 23.1 Å². The maximum absolute atomic E-state index is 12.8. The summed E-state index contributed by atoms with van der Waals surface area (Å²) in [7, 11) is 0. The van der Waals surface area contributed by atoms with Crippen molar-refractivity contribution < 1.29 is 14.0 Å². The number of aryl methyl sites for hydroxylation is 1. The number of hydrazine groups is 1. The minimum absolute atomic E-state index is 0.143. The van der Waals surface area contributed by atoms with E-state index in [9.17, 15) is 14.0 Å². The first kappa shape index (κ1) is 17.9. The Hall–Kier alpha value is -1.86. The summed E-state index contributed by atoms with van der Waals surface area (Å²) in [6, 6.07) is 7.86. The fraction of sp³-hybridized carbons (Fsp3) is 0.333. The summed E-state index contributed by atoms with van der Waals surface area (Å²) in [5.74, 6) is -0.107. The van der Waals surface area contributed by atoms with E-state index in [0.717, 1.165) is 24.2 Å². The zero-order valence-corrected chi connectivity index (χ0v) is 15.4. The molecule has 0 saturated carbocycles. The number of benzene rings is 1. The zero-order chi connectivity index (χ0) is 17.8. The van der Waals surface area contributed by atoms with Crippen LogP contribution < -0.4 is 10.9 Å². The van der Waals surface area contributed by atoms with E-state index in [4.69, 9.17) is 0 Å². The lowest BCUT2D eigenvalue weighted by Crippen LogP contribution is -2.42. The van der Waals surface area contributed by atoms with Crippen LogP contribution in [0.3, 0.4) is 0 Å². The van der Waals surface area contributed by atoms with Gasteiger partial charge in [0.15, 0.2) is 0 Å². The molecule has 2 N–H and O–H groups in total. The third-order valence-electron chi connectivity index (χ3n) is 4.05. The fourth-order valence-corrected chi connectivity index (χ4v) is 4.52. The number of carbonyl (C=O) groups is 2. The Bertz CT molecular complexity index is 774. The van der Waals surface area contributed by atoms with Crippen molar-refractivity contribution in [3.8, 4) is 0 Å². The Morgan fingerprint density at radius 3 is 2.80 bits per heavy atom. The van der Waals surface area contributed by atoms with Gasteiger partial charge in [-0.05, 0) is 61.1 Å². The number of thiophene rings is 1. The maximum atomic E-state index is 12.8. The molecule has 0 spiro atoms. The number of halogens is 1. The second-order valence-electron chi connectivity index (χ2n) is 6.15. The highest BCUT2D eigenvalue weighted by Gasteiger charge is 2.20. The summed E-state index contributed by atoms with van der Waals surface area (Å²) < 4.78 is 12.8. The van der Waals surface area contributed by atoms with Gasteiger partial charge in [0.25, 0.3) is 5.91 Å². The molecule has 3 rings (SSSR count). The largest absolute Gasteiger partial charge is 0.279 e. The molecule has 0 fully saturated rings. The Kier molecular flexibility index (Phi) is 5.75. The molecule has 1 aromatic carbocycles. The van der Waals surface area contributed by atoms with Gasteiger partial charge < -0.3 is 0 Å². The van der Waals surface area contributed by atoms with Gasteiger partial charge in [0.2, 0.25) is 5.91 Å². The molecule has 132 valence electrons. The number of carbonyl (C=O) groups excluding carboxylic acids is 2. The number of hydrogen-bond donors (Lipinski definition) is 2. The molecule has 0 bridgehead atoms. The highest BCUT2D eigenvalue weighted by Crippen LogP contribution is 2.32. The van der Waals surface area contributed by atoms with E-state index < -0.39 is 0 Å². The van der Waals surface area contributed by atoms with Crippen LogP contribution in [0.1, 0.15) is 33.5 Å². The molecule has 0 aliphatic heterocycles. The van der Waals surface area contributed by atoms with E-state index in [1.165, 1.54) is 45.7 Å². The smallest absolute Gasteiger partial charge is 0.272 e. The molecule has 2 amide bonds. The Morgan fingerprint density at radius 1 is 1.28 bits per heavy atom. The first-order valence-electron chi connectivity index (χ1n) is 8.10. The molecular formula is C18H19FN2O2S2. The molecule has 1 aliphatic rings. The molecule has 1 aliphatic carbocycles. The van der Waals surface area contributed by atoms with Gasteiger partial charge in [-0.3, -0.25) is 20.4 Å². The van der Waals surface area contributed by atoms with Crippen LogP contribution in [-0.4, -0.2) is 17.6 Å². The van der Waals surface area contributed by atoms with Crippen LogP contribution in [0.15, 0.2) is 35.2 Å². The molecule has 1 unspecified atom stereocenters. The monoisotopic (exact) mass is 378 g/mol. The first-order chi connectivity index (χ1) is 12.0. The number of nitrogens with one attached hydrogen (secondary N) is 2. The average Bonchev–Trinajstić information content (AvgIpc) is 3.02. The van der Waals surface area contributed by atoms with Gasteiger partial charge in [0.05, 0.1) is 10.6 Å². The number of thioether (sulfide) groups is 1.